The number of piperazine rings is 1. The molecule has 1 atom stereocenters. The highest BCUT2D eigenvalue weighted by Crippen LogP contribution is 2.29. The van der Waals surface area contributed by atoms with E-state index in [1.807, 2.05) is 0 Å². The molecule has 0 aliphatic carbocycles. The molecule has 0 bridgehead atoms. The van der Waals surface area contributed by atoms with Gasteiger partial charge in [0.25, 0.3) is 0 Å². The van der Waals surface area contributed by atoms with Gasteiger partial charge in [0.2, 0.25) is 0 Å². The fourth-order valence-corrected chi connectivity index (χ4v) is 2.91. The van der Waals surface area contributed by atoms with Crippen molar-refractivity contribution in [2.45, 2.75) is 38.6 Å². The number of hydrogen-bond acceptors (Lipinski definition) is 2. The van der Waals surface area contributed by atoms with Crippen LogP contribution in [-0.2, 0) is 0 Å². The van der Waals surface area contributed by atoms with Gasteiger partial charge in [-0.1, -0.05) is 26.2 Å². The molecule has 2 rings (SSSR count). The normalized spacial score (nSPS) is 17.9. The van der Waals surface area contributed by atoms with Crippen molar-refractivity contribution in [2.75, 3.05) is 26.2 Å². The Bertz CT molecular complexity index is 436. The van der Waals surface area contributed by atoms with Crippen LogP contribution in [0.25, 0.3) is 0 Å². The lowest BCUT2D eigenvalue weighted by Gasteiger charge is -2.35. The van der Waals surface area contributed by atoms with Crippen LogP contribution in [0.4, 0.5) is 13.2 Å². The lowest BCUT2D eigenvalue weighted by molar-refractivity contribution is 0.162. The van der Waals surface area contributed by atoms with Gasteiger partial charge in [0, 0.05) is 32.2 Å². The second kappa shape index (κ2) is 7.80. The predicted molar refractivity (Wildman–Crippen MR) is 77.6 cm³/mol. The maximum absolute atomic E-state index is 13.5. The zero-order valence-corrected chi connectivity index (χ0v) is 12.5. The molecule has 1 N–H and O–H groups in total. The van der Waals surface area contributed by atoms with Gasteiger partial charge in [-0.25, -0.2) is 13.2 Å². The molecule has 1 aliphatic heterocycles. The van der Waals surface area contributed by atoms with Crippen molar-refractivity contribution in [3.05, 3.63) is 35.1 Å². The largest absolute Gasteiger partial charge is 0.314 e. The Morgan fingerprint density at radius 2 is 1.71 bits per heavy atom. The quantitative estimate of drug-likeness (QED) is 0.637. The van der Waals surface area contributed by atoms with Crippen molar-refractivity contribution in [2.24, 2.45) is 0 Å². The molecule has 1 aromatic rings. The van der Waals surface area contributed by atoms with Gasteiger partial charge in [-0.2, -0.15) is 0 Å². The van der Waals surface area contributed by atoms with E-state index in [0.29, 0.717) is 5.56 Å². The average Bonchev–Trinajstić information content (AvgIpc) is 2.50. The van der Waals surface area contributed by atoms with Crippen molar-refractivity contribution in [3.8, 4) is 0 Å². The van der Waals surface area contributed by atoms with Gasteiger partial charge in [-0.15, -0.1) is 0 Å². The van der Waals surface area contributed by atoms with E-state index in [1.165, 1.54) is 0 Å². The van der Waals surface area contributed by atoms with Crippen LogP contribution in [-0.4, -0.2) is 31.1 Å². The lowest BCUT2D eigenvalue weighted by Crippen LogP contribution is -2.45. The standard InChI is InChI=1S/C16H23F3N2/c1-2-3-4-5-15(21-8-6-20-7-9-21)12-10-13(17)16(19)14(18)11-12/h10-11,15,20H,2-9H2,1H3/t15-/m1/s1. The molecular weight excluding hydrogens is 277 g/mol. The number of hydrogen-bond donors (Lipinski definition) is 1. The van der Waals surface area contributed by atoms with E-state index in [9.17, 15) is 13.2 Å². The van der Waals surface area contributed by atoms with Crippen molar-refractivity contribution in [3.63, 3.8) is 0 Å². The molecule has 2 nitrogen and oxygen atoms in total. The summed E-state index contributed by atoms with van der Waals surface area (Å²) in [6.07, 6.45) is 4.04. The first kappa shape index (κ1) is 16.3. The van der Waals surface area contributed by atoms with E-state index < -0.39 is 17.5 Å². The lowest BCUT2D eigenvalue weighted by atomic mass is 9.97. The number of rotatable bonds is 6. The Morgan fingerprint density at radius 3 is 2.29 bits per heavy atom. The van der Waals surface area contributed by atoms with Gasteiger partial charge in [0.15, 0.2) is 17.5 Å². The van der Waals surface area contributed by atoms with Gasteiger partial charge in [0.1, 0.15) is 0 Å². The third-order valence-electron chi connectivity index (χ3n) is 4.06. The Labute approximate surface area is 124 Å². The molecule has 0 radical (unpaired) electrons. The van der Waals surface area contributed by atoms with Crippen LogP contribution in [0.3, 0.4) is 0 Å². The van der Waals surface area contributed by atoms with Crippen LogP contribution in [0.15, 0.2) is 12.1 Å². The monoisotopic (exact) mass is 300 g/mol. The van der Waals surface area contributed by atoms with Crippen LogP contribution in [0.2, 0.25) is 0 Å². The van der Waals surface area contributed by atoms with Crippen molar-refractivity contribution in [1.29, 1.82) is 0 Å². The number of halogens is 3. The predicted octanol–water partition coefficient (Wildman–Crippen LogP) is 3.63. The average molecular weight is 300 g/mol. The van der Waals surface area contributed by atoms with Crippen LogP contribution in [0, 0.1) is 17.5 Å². The minimum atomic E-state index is -1.38. The number of nitrogens with zero attached hydrogens (tertiary/aromatic N) is 1. The third kappa shape index (κ3) is 4.20. The highest BCUT2D eigenvalue weighted by molar-refractivity contribution is 5.23. The van der Waals surface area contributed by atoms with Crippen LogP contribution < -0.4 is 5.32 Å². The van der Waals surface area contributed by atoms with E-state index in [2.05, 4.69) is 17.1 Å². The van der Waals surface area contributed by atoms with Gasteiger partial charge in [0.05, 0.1) is 0 Å². The number of nitrogens with one attached hydrogen (secondary N) is 1. The van der Waals surface area contributed by atoms with Gasteiger partial charge in [-0.05, 0) is 24.1 Å². The van der Waals surface area contributed by atoms with Crippen LogP contribution in [0.1, 0.15) is 44.2 Å². The third-order valence-corrected chi connectivity index (χ3v) is 4.06. The summed E-state index contributed by atoms with van der Waals surface area (Å²) in [7, 11) is 0. The van der Waals surface area contributed by atoms with E-state index in [-0.39, 0.29) is 6.04 Å². The maximum Gasteiger partial charge on any atom is 0.194 e. The second-order valence-corrected chi connectivity index (χ2v) is 5.60. The van der Waals surface area contributed by atoms with E-state index in [4.69, 9.17) is 0 Å². The summed E-state index contributed by atoms with van der Waals surface area (Å²) < 4.78 is 40.2. The minimum absolute atomic E-state index is 0.0387. The summed E-state index contributed by atoms with van der Waals surface area (Å²) in [4.78, 5) is 2.23. The zero-order chi connectivity index (χ0) is 15.2. The molecule has 0 amide bonds. The smallest absolute Gasteiger partial charge is 0.194 e. The van der Waals surface area contributed by atoms with Gasteiger partial charge < -0.3 is 5.32 Å². The second-order valence-electron chi connectivity index (χ2n) is 5.60. The summed E-state index contributed by atoms with van der Waals surface area (Å²) in [6.45, 7) is 5.55. The fourth-order valence-electron chi connectivity index (χ4n) is 2.91. The molecule has 0 unspecified atom stereocenters. The van der Waals surface area contributed by atoms with Crippen molar-refractivity contribution in [1.82, 2.24) is 10.2 Å². The summed E-state index contributed by atoms with van der Waals surface area (Å²) in [5.74, 6) is -3.58. The SMILES string of the molecule is CCCCC[C@H](c1cc(F)c(F)c(F)c1)N1CCNCC1. The molecule has 5 heteroatoms. The molecule has 1 saturated heterocycles. The molecule has 0 spiro atoms. The van der Waals surface area contributed by atoms with Crippen molar-refractivity contribution < 1.29 is 13.2 Å². The summed E-state index contributed by atoms with van der Waals surface area (Å²) >= 11 is 0. The van der Waals surface area contributed by atoms with E-state index >= 15 is 0 Å². The molecule has 1 aliphatic rings. The minimum Gasteiger partial charge on any atom is -0.314 e. The first-order valence-electron chi connectivity index (χ1n) is 7.72. The number of unbranched alkanes of at least 4 members (excludes halogenated alkanes) is 2. The Morgan fingerprint density at radius 1 is 1.10 bits per heavy atom. The molecule has 1 heterocycles. The van der Waals surface area contributed by atoms with E-state index in [1.54, 1.807) is 0 Å². The number of benzene rings is 1. The molecule has 118 valence electrons. The van der Waals surface area contributed by atoms with Crippen molar-refractivity contribution >= 4 is 0 Å². The molecule has 1 fully saturated rings. The fraction of sp³-hybridized carbons (Fsp3) is 0.625. The molecule has 0 aromatic heterocycles. The Kier molecular flexibility index (Phi) is 6.06. The Hall–Kier alpha value is -1.07. The first-order chi connectivity index (χ1) is 10.1. The summed E-state index contributed by atoms with van der Waals surface area (Å²) in [5.41, 5.74) is 0.546. The van der Waals surface area contributed by atoms with Crippen LogP contribution >= 0.6 is 0 Å². The highest BCUT2D eigenvalue weighted by Gasteiger charge is 2.24. The molecule has 1 aromatic carbocycles. The Balaban J connectivity index is 2.20. The topological polar surface area (TPSA) is 15.3 Å². The zero-order valence-electron chi connectivity index (χ0n) is 12.5. The van der Waals surface area contributed by atoms with Gasteiger partial charge in [-0.3, -0.25) is 4.90 Å². The van der Waals surface area contributed by atoms with E-state index in [0.717, 1.165) is 64.0 Å². The summed E-state index contributed by atoms with van der Waals surface area (Å²) in [6, 6.07) is 2.26. The summed E-state index contributed by atoms with van der Waals surface area (Å²) in [5, 5.41) is 3.27. The maximum atomic E-state index is 13.5. The van der Waals surface area contributed by atoms with Crippen LogP contribution in [0.5, 0.6) is 0 Å². The first-order valence-corrected chi connectivity index (χ1v) is 7.72. The molecule has 0 saturated carbocycles. The molecular formula is C16H23F3N2. The molecule has 21 heavy (non-hydrogen) atoms. The van der Waals surface area contributed by atoms with Gasteiger partial charge >= 0.3 is 0 Å². The highest BCUT2D eigenvalue weighted by atomic mass is 19.2.